The van der Waals surface area contributed by atoms with E-state index >= 15 is 0 Å². The van der Waals surface area contributed by atoms with E-state index in [2.05, 4.69) is 26.0 Å². The van der Waals surface area contributed by atoms with Crippen molar-refractivity contribution in [2.24, 2.45) is 5.10 Å². The molecule has 0 fully saturated rings. The zero-order valence-electron chi connectivity index (χ0n) is 17.3. The Morgan fingerprint density at radius 1 is 1.25 bits per heavy atom. The Bertz CT molecular complexity index is 1150. The Morgan fingerprint density at radius 2 is 2.00 bits per heavy atom. The van der Waals surface area contributed by atoms with Gasteiger partial charge in [0.2, 0.25) is 11.1 Å². The SMILES string of the molecule is COc1ccc(/C=N/Nc2nnc(SCC(=O)Nc3ccc(C(C)=O)cc3)n2N)cc1O. The molecule has 3 rings (SSSR count). The van der Waals surface area contributed by atoms with Gasteiger partial charge in [-0.1, -0.05) is 11.8 Å². The molecule has 11 nitrogen and oxygen atoms in total. The highest BCUT2D eigenvalue weighted by atomic mass is 32.2. The highest BCUT2D eigenvalue weighted by Crippen LogP contribution is 2.25. The number of carbonyl (C=O) groups excluding carboxylic acids is 2. The second kappa shape index (κ2) is 10.3. The number of phenolic OH excluding ortho intramolecular Hbond substituents is 1. The summed E-state index contributed by atoms with van der Waals surface area (Å²) >= 11 is 1.10. The number of hydrazone groups is 1. The average Bonchev–Trinajstić information content (AvgIpc) is 3.12. The zero-order valence-corrected chi connectivity index (χ0v) is 18.1. The van der Waals surface area contributed by atoms with Gasteiger partial charge in [0.15, 0.2) is 17.3 Å². The minimum atomic E-state index is -0.264. The van der Waals surface area contributed by atoms with Crippen LogP contribution in [-0.2, 0) is 4.79 Å². The number of nitrogens with two attached hydrogens (primary N) is 1. The molecule has 3 aromatic rings. The van der Waals surface area contributed by atoms with Crippen molar-refractivity contribution in [1.82, 2.24) is 14.9 Å². The molecule has 0 saturated carbocycles. The van der Waals surface area contributed by atoms with Crippen LogP contribution < -0.4 is 21.3 Å². The van der Waals surface area contributed by atoms with Gasteiger partial charge in [0.25, 0.3) is 5.95 Å². The van der Waals surface area contributed by atoms with Gasteiger partial charge in [-0.3, -0.25) is 9.59 Å². The number of phenols is 1. The van der Waals surface area contributed by atoms with Gasteiger partial charge >= 0.3 is 0 Å². The normalized spacial score (nSPS) is 10.8. The van der Waals surface area contributed by atoms with Gasteiger partial charge in [-0.05, 0) is 55.0 Å². The summed E-state index contributed by atoms with van der Waals surface area (Å²) in [4.78, 5) is 23.5. The molecule has 12 heteroatoms. The second-order valence-corrected chi connectivity index (χ2v) is 7.39. The lowest BCUT2D eigenvalue weighted by Crippen LogP contribution is -2.17. The fourth-order valence-electron chi connectivity index (χ4n) is 2.52. The van der Waals surface area contributed by atoms with E-state index < -0.39 is 0 Å². The number of rotatable bonds is 9. The van der Waals surface area contributed by atoms with Crippen LogP contribution in [0.5, 0.6) is 11.5 Å². The van der Waals surface area contributed by atoms with Crippen molar-refractivity contribution in [3.8, 4) is 11.5 Å². The van der Waals surface area contributed by atoms with Crippen molar-refractivity contribution in [3.63, 3.8) is 0 Å². The summed E-state index contributed by atoms with van der Waals surface area (Å²) in [6.07, 6.45) is 1.46. The number of aromatic nitrogens is 3. The van der Waals surface area contributed by atoms with E-state index in [0.717, 1.165) is 11.8 Å². The van der Waals surface area contributed by atoms with Crippen LogP contribution in [0.2, 0.25) is 0 Å². The summed E-state index contributed by atoms with van der Waals surface area (Å²) in [6.45, 7) is 1.48. The van der Waals surface area contributed by atoms with Crippen LogP contribution in [0.25, 0.3) is 0 Å². The number of carbonyl (C=O) groups is 2. The van der Waals surface area contributed by atoms with Crippen molar-refractivity contribution >= 4 is 41.3 Å². The van der Waals surface area contributed by atoms with Gasteiger partial charge in [0.1, 0.15) is 0 Å². The third-order valence-electron chi connectivity index (χ3n) is 4.15. The molecule has 0 atom stereocenters. The molecular formula is C20H21N7O4S. The van der Waals surface area contributed by atoms with E-state index in [9.17, 15) is 14.7 Å². The highest BCUT2D eigenvalue weighted by Gasteiger charge is 2.12. The van der Waals surface area contributed by atoms with Crippen molar-refractivity contribution in [2.45, 2.75) is 12.1 Å². The van der Waals surface area contributed by atoms with Gasteiger partial charge in [-0.15, -0.1) is 10.2 Å². The summed E-state index contributed by atoms with van der Waals surface area (Å²) in [5.74, 6) is 6.20. The van der Waals surface area contributed by atoms with Crippen LogP contribution in [0.3, 0.4) is 0 Å². The van der Waals surface area contributed by atoms with E-state index in [1.54, 1.807) is 36.4 Å². The van der Waals surface area contributed by atoms with E-state index in [1.165, 1.54) is 31.0 Å². The number of methoxy groups -OCH3 is 1. The second-order valence-electron chi connectivity index (χ2n) is 6.45. The summed E-state index contributed by atoms with van der Waals surface area (Å²) in [5.41, 5.74) is 4.43. The number of aromatic hydroxyl groups is 1. The Kier molecular flexibility index (Phi) is 7.29. The first-order valence-corrected chi connectivity index (χ1v) is 10.3. The number of benzene rings is 2. The number of amides is 1. The average molecular weight is 456 g/mol. The Balaban J connectivity index is 1.52. The van der Waals surface area contributed by atoms with Crippen LogP contribution in [-0.4, -0.2) is 50.7 Å². The number of hydrogen-bond donors (Lipinski definition) is 4. The number of anilines is 2. The Hall–Kier alpha value is -4.06. The van der Waals surface area contributed by atoms with E-state index in [-0.39, 0.29) is 29.1 Å². The molecule has 0 spiro atoms. The quantitative estimate of drug-likeness (QED) is 0.125. The molecule has 1 heterocycles. The lowest BCUT2D eigenvalue weighted by molar-refractivity contribution is -0.113. The van der Waals surface area contributed by atoms with Gasteiger partial charge in [0, 0.05) is 11.3 Å². The molecule has 0 aliphatic carbocycles. The molecule has 32 heavy (non-hydrogen) atoms. The number of thioether (sulfide) groups is 1. The lowest BCUT2D eigenvalue weighted by atomic mass is 10.1. The summed E-state index contributed by atoms with van der Waals surface area (Å²) in [7, 11) is 1.46. The Labute approximate surface area is 187 Å². The molecule has 1 aromatic heterocycles. The minimum Gasteiger partial charge on any atom is -0.504 e. The third kappa shape index (κ3) is 5.76. The van der Waals surface area contributed by atoms with Gasteiger partial charge < -0.3 is 21.0 Å². The number of ether oxygens (including phenoxy) is 1. The number of nitrogens with one attached hydrogen (secondary N) is 2. The molecule has 0 saturated heterocycles. The van der Waals surface area contributed by atoms with Crippen molar-refractivity contribution < 1.29 is 19.4 Å². The largest absolute Gasteiger partial charge is 0.504 e. The van der Waals surface area contributed by atoms with Crippen LogP contribution in [0, 0.1) is 0 Å². The monoisotopic (exact) mass is 455 g/mol. The highest BCUT2D eigenvalue weighted by molar-refractivity contribution is 7.99. The summed E-state index contributed by atoms with van der Waals surface area (Å²) < 4.78 is 6.16. The molecule has 0 aliphatic heterocycles. The topological polar surface area (TPSA) is 157 Å². The van der Waals surface area contributed by atoms with Crippen molar-refractivity contribution in [1.29, 1.82) is 0 Å². The minimum absolute atomic E-state index is 0.00907. The van der Waals surface area contributed by atoms with E-state index in [4.69, 9.17) is 10.6 Å². The molecule has 0 bridgehead atoms. The molecule has 166 valence electrons. The van der Waals surface area contributed by atoms with Crippen LogP contribution in [0.1, 0.15) is 22.8 Å². The standard InChI is InChI=1S/C20H21N7O4S/c1-12(28)14-4-6-15(7-5-14)23-18(30)11-32-20-26-25-19(27(20)21)24-22-10-13-3-8-17(31-2)16(29)9-13/h3-10,29H,11,21H2,1-2H3,(H,23,30)(H,24,25)/b22-10+. The first-order valence-electron chi connectivity index (χ1n) is 9.27. The summed E-state index contributed by atoms with van der Waals surface area (Å²) in [6, 6.07) is 11.4. The molecule has 0 radical (unpaired) electrons. The zero-order chi connectivity index (χ0) is 23.1. The molecule has 1 amide bonds. The number of Topliss-reactive ketones (excluding diaryl/α,β-unsaturated/α-hetero) is 1. The van der Waals surface area contributed by atoms with Gasteiger partial charge in [-0.2, -0.15) is 5.10 Å². The number of nitrogen functional groups attached to an aromatic ring is 1. The van der Waals surface area contributed by atoms with Gasteiger partial charge in [0.05, 0.1) is 19.1 Å². The summed E-state index contributed by atoms with van der Waals surface area (Å²) in [5, 5.41) is 24.7. The van der Waals surface area contributed by atoms with E-state index in [0.29, 0.717) is 27.7 Å². The van der Waals surface area contributed by atoms with Crippen molar-refractivity contribution in [3.05, 3.63) is 53.6 Å². The predicted octanol–water partition coefficient (Wildman–Crippen LogP) is 2.09. The third-order valence-corrected chi connectivity index (χ3v) is 5.10. The van der Waals surface area contributed by atoms with Crippen LogP contribution in [0.4, 0.5) is 11.6 Å². The molecule has 0 unspecified atom stereocenters. The maximum atomic E-state index is 12.2. The smallest absolute Gasteiger partial charge is 0.264 e. The first-order chi connectivity index (χ1) is 15.4. The maximum Gasteiger partial charge on any atom is 0.264 e. The molecule has 5 N–H and O–H groups in total. The van der Waals surface area contributed by atoms with Crippen molar-refractivity contribution in [2.75, 3.05) is 29.4 Å². The Morgan fingerprint density at radius 3 is 2.66 bits per heavy atom. The fourth-order valence-corrected chi connectivity index (χ4v) is 3.18. The predicted molar refractivity (Wildman–Crippen MR) is 122 cm³/mol. The van der Waals surface area contributed by atoms with Gasteiger partial charge in [-0.25, -0.2) is 10.1 Å². The van der Waals surface area contributed by atoms with Crippen LogP contribution in [0.15, 0.2) is 52.7 Å². The molecule has 0 aliphatic rings. The fraction of sp³-hybridized carbons (Fsp3) is 0.150. The number of hydrogen-bond acceptors (Lipinski definition) is 10. The van der Waals surface area contributed by atoms with Crippen LogP contribution >= 0.6 is 11.8 Å². The number of ketones is 1. The van der Waals surface area contributed by atoms with E-state index in [1.807, 2.05) is 0 Å². The number of nitrogens with zero attached hydrogens (tertiary/aromatic N) is 4. The first kappa shape index (κ1) is 22.6. The molecular weight excluding hydrogens is 434 g/mol. The maximum absolute atomic E-state index is 12.2. The lowest BCUT2D eigenvalue weighted by Gasteiger charge is -2.06. The molecule has 2 aromatic carbocycles.